The van der Waals surface area contributed by atoms with Crippen LogP contribution in [0.3, 0.4) is 0 Å². The molecule has 0 radical (unpaired) electrons. The molecule has 0 aromatic heterocycles. The van der Waals surface area contributed by atoms with Crippen LogP contribution in [0.15, 0.2) is 18.2 Å². The molecule has 1 N–H and O–H groups in total. The molecule has 0 aliphatic rings. The van der Waals surface area contributed by atoms with Gasteiger partial charge in [0.25, 0.3) is 0 Å². The van der Waals surface area contributed by atoms with Crippen molar-refractivity contribution in [2.24, 2.45) is 0 Å². The molecule has 1 rings (SSSR count). The highest BCUT2D eigenvalue weighted by molar-refractivity contribution is 14.1. The van der Waals surface area contributed by atoms with Crippen LogP contribution >= 0.6 is 22.6 Å². The first-order valence-corrected chi connectivity index (χ1v) is 8.53. The minimum absolute atomic E-state index is 0.0199. The van der Waals surface area contributed by atoms with Crippen LogP contribution in [0.1, 0.15) is 52.0 Å². The van der Waals surface area contributed by atoms with E-state index in [9.17, 15) is 9.59 Å². The molecule has 5 heteroatoms. The largest absolute Gasteiger partial charge is 0.460 e. The van der Waals surface area contributed by atoms with Crippen LogP contribution in [-0.4, -0.2) is 17.5 Å². The van der Waals surface area contributed by atoms with E-state index in [0.29, 0.717) is 25.7 Å². The Morgan fingerprint density at radius 3 is 2.41 bits per heavy atom. The first kappa shape index (κ1) is 18.9. The number of rotatable bonds is 6. The van der Waals surface area contributed by atoms with E-state index in [-0.39, 0.29) is 11.9 Å². The molecule has 0 atom stereocenters. The molecule has 0 unspecified atom stereocenters. The van der Waals surface area contributed by atoms with Crippen molar-refractivity contribution < 1.29 is 14.3 Å². The molecule has 0 saturated heterocycles. The van der Waals surface area contributed by atoms with Gasteiger partial charge in [0.15, 0.2) is 0 Å². The number of ether oxygens (including phenoxy) is 1. The van der Waals surface area contributed by atoms with Gasteiger partial charge in [-0.25, -0.2) is 0 Å². The number of carbonyl (C=O) groups excluding carboxylic acids is 2. The van der Waals surface area contributed by atoms with E-state index < -0.39 is 5.60 Å². The fourth-order valence-electron chi connectivity index (χ4n) is 1.93. The van der Waals surface area contributed by atoms with E-state index in [0.717, 1.165) is 14.8 Å². The molecule has 1 aromatic carbocycles. The quantitative estimate of drug-likeness (QED) is 0.423. The number of unbranched alkanes of at least 4 members (excludes halogenated alkanes) is 1. The Morgan fingerprint density at radius 1 is 1.18 bits per heavy atom. The van der Waals surface area contributed by atoms with Gasteiger partial charge in [-0.05, 0) is 86.9 Å². The molecule has 0 fully saturated rings. The van der Waals surface area contributed by atoms with Gasteiger partial charge in [-0.1, -0.05) is 0 Å². The van der Waals surface area contributed by atoms with E-state index in [2.05, 4.69) is 27.9 Å². The lowest BCUT2D eigenvalue weighted by atomic mass is 10.1. The predicted molar refractivity (Wildman–Crippen MR) is 96.8 cm³/mol. The summed E-state index contributed by atoms with van der Waals surface area (Å²) in [6.45, 7) is 7.52. The second kappa shape index (κ2) is 8.50. The zero-order valence-electron chi connectivity index (χ0n) is 13.7. The first-order valence-electron chi connectivity index (χ1n) is 7.45. The molecule has 0 aliphatic heterocycles. The van der Waals surface area contributed by atoms with Crippen LogP contribution in [0.4, 0.5) is 5.69 Å². The number of hydrogen-bond acceptors (Lipinski definition) is 3. The molecule has 1 aromatic rings. The number of anilines is 1. The number of nitrogens with one attached hydrogen (secondary N) is 1. The van der Waals surface area contributed by atoms with Crippen molar-refractivity contribution in [2.45, 2.75) is 59.0 Å². The van der Waals surface area contributed by atoms with E-state index in [1.54, 1.807) is 0 Å². The Kier molecular flexibility index (Phi) is 7.32. The number of hydrogen-bond donors (Lipinski definition) is 1. The summed E-state index contributed by atoms with van der Waals surface area (Å²) in [7, 11) is 0. The van der Waals surface area contributed by atoms with Crippen molar-refractivity contribution in [3.05, 3.63) is 27.3 Å². The number of amides is 1. The standard InChI is InChI=1S/C17H24INO3/c1-12-11-13(18)9-10-14(12)19-15(20)7-5-6-8-16(21)22-17(2,3)4/h9-11H,5-8H2,1-4H3,(H,19,20). The Bertz CT molecular complexity index is 535. The van der Waals surface area contributed by atoms with Crippen LogP contribution < -0.4 is 5.32 Å². The summed E-state index contributed by atoms with van der Waals surface area (Å²) in [6, 6.07) is 5.90. The number of aryl methyl sites for hydroxylation is 1. The lowest BCUT2D eigenvalue weighted by molar-refractivity contribution is -0.155. The monoisotopic (exact) mass is 417 g/mol. The summed E-state index contributed by atoms with van der Waals surface area (Å²) in [5, 5.41) is 2.91. The third-order valence-corrected chi connectivity index (χ3v) is 3.59. The maximum atomic E-state index is 11.9. The van der Waals surface area contributed by atoms with Gasteiger partial charge in [-0.2, -0.15) is 0 Å². The average molecular weight is 417 g/mol. The number of esters is 1. The second-order valence-electron chi connectivity index (χ2n) is 6.30. The first-order chi connectivity index (χ1) is 10.2. The summed E-state index contributed by atoms with van der Waals surface area (Å²) in [4.78, 5) is 23.4. The van der Waals surface area contributed by atoms with Gasteiger partial charge in [0.05, 0.1) is 0 Å². The molecule has 22 heavy (non-hydrogen) atoms. The zero-order chi connectivity index (χ0) is 16.8. The normalized spacial score (nSPS) is 11.1. The summed E-state index contributed by atoms with van der Waals surface area (Å²) in [5.74, 6) is -0.227. The predicted octanol–water partition coefficient (Wildman–Crippen LogP) is 4.44. The zero-order valence-corrected chi connectivity index (χ0v) is 15.8. The Labute approximate surface area is 146 Å². The van der Waals surface area contributed by atoms with E-state index in [1.165, 1.54) is 0 Å². The van der Waals surface area contributed by atoms with E-state index in [4.69, 9.17) is 4.74 Å². The Balaban J connectivity index is 2.28. The van der Waals surface area contributed by atoms with Gasteiger partial charge in [-0.15, -0.1) is 0 Å². The molecular formula is C17H24INO3. The van der Waals surface area contributed by atoms with Crippen LogP contribution in [-0.2, 0) is 14.3 Å². The van der Waals surface area contributed by atoms with Crippen molar-refractivity contribution >= 4 is 40.2 Å². The molecule has 0 aliphatic carbocycles. The van der Waals surface area contributed by atoms with Crippen LogP contribution in [0, 0.1) is 10.5 Å². The van der Waals surface area contributed by atoms with Crippen molar-refractivity contribution in [3.8, 4) is 0 Å². The van der Waals surface area contributed by atoms with Crippen LogP contribution in [0.25, 0.3) is 0 Å². The van der Waals surface area contributed by atoms with Gasteiger partial charge in [0.1, 0.15) is 5.60 Å². The van der Waals surface area contributed by atoms with Crippen molar-refractivity contribution in [1.29, 1.82) is 0 Å². The third-order valence-electron chi connectivity index (χ3n) is 2.92. The molecule has 0 saturated carbocycles. The summed E-state index contributed by atoms with van der Waals surface area (Å²) < 4.78 is 6.37. The summed E-state index contributed by atoms with van der Waals surface area (Å²) in [6.07, 6.45) is 2.10. The third kappa shape index (κ3) is 7.77. The Hall–Kier alpha value is -1.11. The lowest BCUT2D eigenvalue weighted by Crippen LogP contribution is -2.23. The highest BCUT2D eigenvalue weighted by Gasteiger charge is 2.15. The van der Waals surface area contributed by atoms with Gasteiger partial charge < -0.3 is 10.1 Å². The second-order valence-corrected chi connectivity index (χ2v) is 7.55. The fraction of sp³-hybridized carbons (Fsp3) is 0.529. The molecule has 1 amide bonds. The van der Waals surface area contributed by atoms with Gasteiger partial charge >= 0.3 is 5.97 Å². The number of halogens is 1. The highest BCUT2D eigenvalue weighted by Crippen LogP contribution is 2.18. The van der Waals surface area contributed by atoms with Gasteiger partial charge in [0.2, 0.25) is 5.91 Å². The minimum Gasteiger partial charge on any atom is -0.460 e. The van der Waals surface area contributed by atoms with Crippen molar-refractivity contribution in [1.82, 2.24) is 0 Å². The van der Waals surface area contributed by atoms with Crippen LogP contribution in [0.2, 0.25) is 0 Å². The van der Waals surface area contributed by atoms with E-state index >= 15 is 0 Å². The van der Waals surface area contributed by atoms with E-state index in [1.807, 2.05) is 45.9 Å². The summed E-state index contributed by atoms with van der Waals surface area (Å²) >= 11 is 2.24. The molecule has 0 spiro atoms. The van der Waals surface area contributed by atoms with Crippen LogP contribution in [0.5, 0.6) is 0 Å². The molecule has 0 bridgehead atoms. The van der Waals surface area contributed by atoms with Gasteiger partial charge in [0, 0.05) is 22.1 Å². The van der Waals surface area contributed by atoms with Crippen molar-refractivity contribution in [2.75, 3.05) is 5.32 Å². The average Bonchev–Trinajstić information content (AvgIpc) is 2.36. The van der Waals surface area contributed by atoms with Gasteiger partial charge in [-0.3, -0.25) is 9.59 Å². The molecule has 0 heterocycles. The fourth-order valence-corrected chi connectivity index (χ4v) is 2.57. The molecule has 122 valence electrons. The topological polar surface area (TPSA) is 55.4 Å². The lowest BCUT2D eigenvalue weighted by Gasteiger charge is -2.19. The maximum Gasteiger partial charge on any atom is 0.306 e. The molecule has 4 nitrogen and oxygen atoms in total. The van der Waals surface area contributed by atoms with Crippen molar-refractivity contribution in [3.63, 3.8) is 0 Å². The number of carbonyl (C=O) groups is 2. The highest BCUT2D eigenvalue weighted by atomic mass is 127. The number of benzene rings is 1. The SMILES string of the molecule is Cc1cc(I)ccc1NC(=O)CCCCC(=O)OC(C)(C)C. The Morgan fingerprint density at radius 2 is 1.82 bits per heavy atom. The summed E-state index contributed by atoms with van der Waals surface area (Å²) in [5.41, 5.74) is 1.45. The molecular weight excluding hydrogens is 393 g/mol. The minimum atomic E-state index is -0.448. The maximum absolute atomic E-state index is 11.9. The smallest absolute Gasteiger partial charge is 0.306 e.